The van der Waals surface area contributed by atoms with E-state index in [4.69, 9.17) is 14.2 Å². The number of carbonyl (C=O) groups is 3. The van der Waals surface area contributed by atoms with Crippen molar-refractivity contribution in [3.05, 3.63) is 59.0 Å². The first-order valence-electron chi connectivity index (χ1n) is 9.78. The van der Waals surface area contributed by atoms with E-state index in [0.29, 0.717) is 27.6 Å². The molecular formula is C23H22N2O6S. The van der Waals surface area contributed by atoms with Crippen LogP contribution in [0, 0.1) is 0 Å². The zero-order valence-electron chi connectivity index (χ0n) is 17.8. The largest absolute Gasteiger partial charge is 0.493 e. The molecule has 0 aliphatic rings. The zero-order chi connectivity index (χ0) is 23.1. The maximum absolute atomic E-state index is 12.4. The summed E-state index contributed by atoms with van der Waals surface area (Å²) in [6.07, 6.45) is 0. The molecule has 8 nitrogen and oxygen atoms in total. The number of methoxy groups -OCH3 is 1. The quantitative estimate of drug-likeness (QED) is 0.381. The lowest BCUT2D eigenvalue weighted by molar-refractivity contribution is -0.118. The number of hydrogen-bond acceptors (Lipinski definition) is 8. The summed E-state index contributed by atoms with van der Waals surface area (Å²) in [5, 5.41) is 2.90. The predicted octanol–water partition coefficient (Wildman–Crippen LogP) is 4.22. The van der Waals surface area contributed by atoms with E-state index in [0.717, 1.165) is 16.9 Å². The average molecular weight is 455 g/mol. The molecule has 0 saturated carbocycles. The minimum atomic E-state index is -0.504. The third-order valence-corrected chi connectivity index (χ3v) is 5.26. The molecule has 1 N–H and O–H groups in total. The first-order valence-corrected chi connectivity index (χ1v) is 10.6. The van der Waals surface area contributed by atoms with Crippen molar-refractivity contribution >= 4 is 34.1 Å². The van der Waals surface area contributed by atoms with Gasteiger partial charge in [0.1, 0.15) is 4.88 Å². The van der Waals surface area contributed by atoms with Crippen LogP contribution in [0.1, 0.15) is 33.9 Å². The summed E-state index contributed by atoms with van der Waals surface area (Å²) in [5.41, 5.74) is 1.65. The molecule has 1 heterocycles. The summed E-state index contributed by atoms with van der Waals surface area (Å²) in [5.74, 6) is -0.412. The number of ether oxygens (including phenoxy) is 3. The number of thiazole rings is 1. The lowest BCUT2D eigenvalue weighted by Crippen LogP contribution is -2.20. The molecule has 0 unspecified atom stereocenters. The standard InChI is InChI=1S/C23H22N2O6S/c1-4-30-22(28)21-20(15-8-6-5-7-9-15)25-23(32-21)24-19(27)13-31-17-11-10-16(14(2)26)12-18(17)29-3/h5-12H,4,13H2,1-3H3,(H,24,25,27). The van der Waals surface area contributed by atoms with Crippen LogP contribution >= 0.6 is 11.3 Å². The Morgan fingerprint density at radius 3 is 2.47 bits per heavy atom. The monoisotopic (exact) mass is 454 g/mol. The Bertz CT molecular complexity index is 1130. The van der Waals surface area contributed by atoms with Gasteiger partial charge in [-0.3, -0.25) is 14.9 Å². The van der Waals surface area contributed by atoms with Gasteiger partial charge in [0.05, 0.1) is 19.4 Å². The van der Waals surface area contributed by atoms with E-state index >= 15 is 0 Å². The molecule has 2 aromatic carbocycles. The number of ketones is 1. The zero-order valence-corrected chi connectivity index (χ0v) is 18.7. The van der Waals surface area contributed by atoms with Crippen molar-refractivity contribution in [3.8, 4) is 22.8 Å². The second-order valence-electron chi connectivity index (χ2n) is 6.54. The molecule has 0 fully saturated rings. The Kier molecular flexibility index (Phi) is 7.56. The second kappa shape index (κ2) is 10.5. The van der Waals surface area contributed by atoms with Crippen LogP contribution in [0.3, 0.4) is 0 Å². The van der Waals surface area contributed by atoms with E-state index in [1.54, 1.807) is 25.1 Å². The molecule has 1 amide bonds. The molecule has 0 spiro atoms. The van der Waals surface area contributed by atoms with Gasteiger partial charge in [0.2, 0.25) is 0 Å². The lowest BCUT2D eigenvalue weighted by Gasteiger charge is -2.11. The molecule has 0 aliphatic heterocycles. The Morgan fingerprint density at radius 1 is 1.06 bits per heavy atom. The van der Waals surface area contributed by atoms with Crippen LogP contribution in [0.4, 0.5) is 5.13 Å². The Balaban J connectivity index is 1.74. The molecule has 3 aromatic rings. The summed E-state index contributed by atoms with van der Waals surface area (Å²) in [7, 11) is 1.45. The van der Waals surface area contributed by atoms with Crippen molar-refractivity contribution in [2.75, 3.05) is 25.6 Å². The van der Waals surface area contributed by atoms with Gasteiger partial charge in [-0.2, -0.15) is 0 Å². The van der Waals surface area contributed by atoms with E-state index in [1.807, 2.05) is 30.3 Å². The highest BCUT2D eigenvalue weighted by atomic mass is 32.1. The number of rotatable bonds is 9. The molecule has 0 radical (unpaired) electrons. The van der Waals surface area contributed by atoms with Crippen molar-refractivity contribution < 1.29 is 28.6 Å². The first kappa shape index (κ1) is 23.0. The van der Waals surface area contributed by atoms with Gasteiger partial charge in [-0.15, -0.1) is 0 Å². The maximum Gasteiger partial charge on any atom is 0.350 e. The van der Waals surface area contributed by atoms with Gasteiger partial charge in [-0.1, -0.05) is 41.7 Å². The van der Waals surface area contributed by atoms with Gasteiger partial charge in [0, 0.05) is 11.1 Å². The van der Waals surface area contributed by atoms with Crippen molar-refractivity contribution in [1.29, 1.82) is 0 Å². The number of Topliss-reactive ketones (excluding diaryl/α,β-unsaturated/α-hetero) is 1. The molecule has 9 heteroatoms. The summed E-state index contributed by atoms with van der Waals surface area (Å²) in [6.45, 7) is 3.08. The van der Waals surface area contributed by atoms with Gasteiger partial charge in [0.25, 0.3) is 5.91 Å². The highest BCUT2D eigenvalue weighted by molar-refractivity contribution is 7.18. The SMILES string of the molecule is CCOC(=O)c1sc(NC(=O)COc2ccc(C(C)=O)cc2OC)nc1-c1ccccc1. The van der Waals surface area contributed by atoms with Crippen LogP contribution in [-0.4, -0.2) is 43.0 Å². The molecule has 0 saturated heterocycles. The number of esters is 1. The molecule has 3 rings (SSSR count). The highest BCUT2D eigenvalue weighted by Gasteiger charge is 2.21. The Morgan fingerprint density at radius 2 is 1.81 bits per heavy atom. The molecule has 1 aromatic heterocycles. The number of amides is 1. The third-order valence-electron chi connectivity index (χ3n) is 4.31. The smallest absolute Gasteiger partial charge is 0.350 e. The number of hydrogen-bond donors (Lipinski definition) is 1. The maximum atomic E-state index is 12.4. The van der Waals surface area contributed by atoms with Crippen LogP contribution in [0.15, 0.2) is 48.5 Å². The van der Waals surface area contributed by atoms with Crippen LogP contribution < -0.4 is 14.8 Å². The van der Waals surface area contributed by atoms with Crippen molar-refractivity contribution in [3.63, 3.8) is 0 Å². The van der Waals surface area contributed by atoms with Crippen LogP contribution in [-0.2, 0) is 9.53 Å². The Labute approximate surface area is 189 Å². The minimum absolute atomic E-state index is 0.108. The highest BCUT2D eigenvalue weighted by Crippen LogP contribution is 2.32. The van der Waals surface area contributed by atoms with E-state index in [-0.39, 0.29) is 24.1 Å². The van der Waals surface area contributed by atoms with E-state index in [9.17, 15) is 14.4 Å². The summed E-state index contributed by atoms with van der Waals surface area (Å²) < 4.78 is 15.9. The number of anilines is 1. The van der Waals surface area contributed by atoms with Crippen molar-refractivity contribution in [1.82, 2.24) is 4.98 Å². The summed E-state index contributed by atoms with van der Waals surface area (Å²) in [6, 6.07) is 13.9. The molecule has 0 atom stereocenters. The van der Waals surface area contributed by atoms with E-state index in [1.165, 1.54) is 14.0 Å². The van der Waals surface area contributed by atoms with Crippen molar-refractivity contribution in [2.24, 2.45) is 0 Å². The average Bonchev–Trinajstić information content (AvgIpc) is 3.22. The minimum Gasteiger partial charge on any atom is -0.493 e. The fourth-order valence-electron chi connectivity index (χ4n) is 2.80. The van der Waals surface area contributed by atoms with Gasteiger partial charge < -0.3 is 14.2 Å². The molecular weight excluding hydrogens is 432 g/mol. The van der Waals surface area contributed by atoms with Gasteiger partial charge in [0.15, 0.2) is 29.0 Å². The number of aromatic nitrogens is 1. The normalized spacial score (nSPS) is 10.3. The third kappa shape index (κ3) is 5.50. The number of nitrogens with zero attached hydrogens (tertiary/aromatic N) is 1. The number of benzene rings is 2. The fraction of sp³-hybridized carbons (Fsp3) is 0.217. The van der Waals surface area contributed by atoms with E-state index in [2.05, 4.69) is 10.3 Å². The second-order valence-corrected chi connectivity index (χ2v) is 7.54. The number of nitrogens with one attached hydrogen (secondary N) is 1. The summed E-state index contributed by atoms with van der Waals surface area (Å²) >= 11 is 1.03. The first-order chi connectivity index (χ1) is 15.4. The molecule has 166 valence electrons. The number of carbonyl (C=O) groups excluding carboxylic acids is 3. The van der Waals surface area contributed by atoms with Gasteiger partial charge in [-0.25, -0.2) is 9.78 Å². The molecule has 32 heavy (non-hydrogen) atoms. The van der Waals surface area contributed by atoms with Crippen LogP contribution in [0.2, 0.25) is 0 Å². The topological polar surface area (TPSA) is 104 Å². The molecule has 0 bridgehead atoms. The predicted molar refractivity (Wildman–Crippen MR) is 121 cm³/mol. The van der Waals surface area contributed by atoms with Gasteiger partial charge >= 0.3 is 5.97 Å². The Hall–Kier alpha value is -3.72. The van der Waals surface area contributed by atoms with E-state index < -0.39 is 11.9 Å². The lowest BCUT2D eigenvalue weighted by atomic mass is 10.1. The van der Waals surface area contributed by atoms with Gasteiger partial charge in [-0.05, 0) is 32.0 Å². The molecule has 0 aliphatic carbocycles. The summed E-state index contributed by atoms with van der Waals surface area (Å²) in [4.78, 5) is 41.0. The van der Waals surface area contributed by atoms with Crippen molar-refractivity contribution in [2.45, 2.75) is 13.8 Å². The fourth-order valence-corrected chi connectivity index (χ4v) is 3.70. The van der Waals surface area contributed by atoms with Crippen LogP contribution in [0.5, 0.6) is 11.5 Å². The van der Waals surface area contributed by atoms with Crippen LogP contribution in [0.25, 0.3) is 11.3 Å².